The Morgan fingerprint density at radius 1 is 1.10 bits per heavy atom. The van der Waals surface area contributed by atoms with Gasteiger partial charge < -0.3 is 10.6 Å². The molecule has 2 aromatic rings. The van der Waals surface area contributed by atoms with E-state index in [4.69, 9.17) is 12.2 Å². The maximum Gasteiger partial charge on any atom is 0.175 e. The van der Waals surface area contributed by atoms with Gasteiger partial charge in [-0.15, -0.1) is 0 Å². The lowest BCUT2D eigenvalue weighted by atomic mass is 10.0. The van der Waals surface area contributed by atoms with Crippen LogP contribution in [0.4, 0.5) is 11.4 Å². The van der Waals surface area contributed by atoms with Gasteiger partial charge in [0.1, 0.15) is 0 Å². The second-order valence-electron chi connectivity index (χ2n) is 5.32. The van der Waals surface area contributed by atoms with E-state index < -0.39 is 0 Å². The molecule has 0 aliphatic heterocycles. The van der Waals surface area contributed by atoms with Crippen molar-refractivity contribution < 1.29 is 0 Å². The Labute approximate surface area is 140 Å². The Morgan fingerprint density at radius 2 is 1.86 bits per heavy atom. The van der Waals surface area contributed by atoms with Crippen molar-refractivity contribution in [1.29, 1.82) is 0 Å². The molecule has 0 spiro atoms. The summed E-state index contributed by atoms with van der Waals surface area (Å²) in [7, 11) is 0. The summed E-state index contributed by atoms with van der Waals surface area (Å²) in [5, 5.41) is 7.07. The molecule has 0 atom stereocenters. The lowest BCUT2D eigenvalue weighted by Crippen LogP contribution is -2.19. The molecule has 0 saturated carbocycles. The minimum atomic E-state index is 0.502. The van der Waals surface area contributed by atoms with Gasteiger partial charge >= 0.3 is 0 Å². The second kappa shape index (κ2) is 7.05. The summed E-state index contributed by atoms with van der Waals surface area (Å²) < 4.78 is 1.06. The quantitative estimate of drug-likeness (QED) is 0.685. The number of aryl methyl sites for hydroxylation is 1. The number of rotatable bonds is 3. The normalized spacial score (nSPS) is 10.5. The maximum atomic E-state index is 5.39. The first kappa shape index (κ1) is 16.0. The van der Waals surface area contributed by atoms with Crippen molar-refractivity contribution in [3.05, 3.63) is 58.1 Å². The molecule has 0 unspecified atom stereocenters. The third-order valence-electron chi connectivity index (χ3n) is 3.25. The number of halogens is 1. The standard InChI is InChI=1S/C17H19BrN2S/c1-11(2)13-5-4-6-15(10-13)19-17(21)20-16-8-7-14(18)9-12(16)3/h4-11H,1-3H3,(H2,19,20,21). The molecule has 0 bridgehead atoms. The fraction of sp³-hybridized carbons (Fsp3) is 0.235. The molecule has 0 saturated heterocycles. The van der Waals surface area contributed by atoms with Crippen molar-refractivity contribution in [2.24, 2.45) is 0 Å². The van der Waals surface area contributed by atoms with Crippen LogP contribution in [0.25, 0.3) is 0 Å². The number of benzene rings is 2. The highest BCUT2D eigenvalue weighted by Gasteiger charge is 2.04. The summed E-state index contributed by atoms with van der Waals surface area (Å²) in [4.78, 5) is 0. The van der Waals surface area contributed by atoms with Crippen LogP contribution >= 0.6 is 28.1 Å². The molecule has 0 aliphatic carbocycles. The van der Waals surface area contributed by atoms with Gasteiger partial charge in [-0.25, -0.2) is 0 Å². The van der Waals surface area contributed by atoms with Crippen molar-refractivity contribution in [2.75, 3.05) is 10.6 Å². The van der Waals surface area contributed by atoms with Gasteiger partial charge in [-0.05, 0) is 66.5 Å². The zero-order valence-corrected chi connectivity index (χ0v) is 14.8. The summed E-state index contributed by atoms with van der Waals surface area (Å²) >= 11 is 8.85. The van der Waals surface area contributed by atoms with Crippen LogP contribution in [-0.4, -0.2) is 5.11 Å². The summed E-state index contributed by atoms with van der Waals surface area (Å²) in [5.41, 5.74) is 4.45. The Morgan fingerprint density at radius 3 is 2.52 bits per heavy atom. The van der Waals surface area contributed by atoms with Gasteiger partial charge in [-0.1, -0.05) is 41.9 Å². The van der Waals surface area contributed by atoms with Crippen LogP contribution in [-0.2, 0) is 0 Å². The third kappa shape index (κ3) is 4.55. The molecule has 0 radical (unpaired) electrons. The molecule has 2 N–H and O–H groups in total. The zero-order chi connectivity index (χ0) is 15.4. The monoisotopic (exact) mass is 362 g/mol. The van der Waals surface area contributed by atoms with Crippen molar-refractivity contribution in [1.82, 2.24) is 0 Å². The first-order chi connectivity index (χ1) is 9.95. The number of thiocarbonyl (C=S) groups is 1. The van der Waals surface area contributed by atoms with Gasteiger partial charge in [0.2, 0.25) is 0 Å². The van der Waals surface area contributed by atoms with Crippen LogP contribution in [0.5, 0.6) is 0 Å². The molecule has 110 valence electrons. The van der Waals surface area contributed by atoms with Gasteiger partial charge in [0.25, 0.3) is 0 Å². The zero-order valence-electron chi connectivity index (χ0n) is 12.4. The number of nitrogens with one attached hydrogen (secondary N) is 2. The van der Waals surface area contributed by atoms with Gasteiger partial charge in [-0.2, -0.15) is 0 Å². The van der Waals surface area contributed by atoms with Crippen LogP contribution in [0.1, 0.15) is 30.9 Å². The van der Waals surface area contributed by atoms with E-state index >= 15 is 0 Å². The predicted octanol–water partition coefficient (Wildman–Crippen LogP) is 5.69. The highest BCUT2D eigenvalue weighted by atomic mass is 79.9. The lowest BCUT2D eigenvalue weighted by molar-refractivity contribution is 0.867. The summed E-state index contributed by atoms with van der Waals surface area (Å²) in [6.07, 6.45) is 0. The molecule has 2 rings (SSSR count). The topological polar surface area (TPSA) is 24.1 Å². The molecule has 4 heteroatoms. The van der Waals surface area contributed by atoms with Crippen molar-refractivity contribution in [2.45, 2.75) is 26.7 Å². The molecule has 2 nitrogen and oxygen atoms in total. The van der Waals surface area contributed by atoms with Crippen LogP contribution < -0.4 is 10.6 Å². The predicted molar refractivity (Wildman–Crippen MR) is 99.3 cm³/mol. The van der Waals surface area contributed by atoms with E-state index in [1.165, 1.54) is 5.56 Å². The van der Waals surface area contributed by atoms with E-state index in [9.17, 15) is 0 Å². The second-order valence-corrected chi connectivity index (χ2v) is 6.64. The number of hydrogen-bond donors (Lipinski definition) is 2. The van der Waals surface area contributed by atoms with Gasteiger partial charge in [0, 0.05) is 15.8 Å². The molecule has 0 aliphatic rings. The van der Waals surface area contributed by atoms with E-state index in [-0.39, 0.29) is 0 Å². The fourth-order valence-electron chi connectivity index (χ4n) is 2.03. The van der Waals surface area contributed by atoms with E-state index in [2.05, 4.69) is 65.5 Å². The number of hydrogen-bond acceptors (Lipinski definition) is 1. The Kier molecular flexibility index (Phi) is 5.37. The maximum absolute atomic E-state index is 5.39. The van der Waals surface area contributed by atoms with Crippen LogP contribution in [0.2, 0.25) is 0 Å². The number of anilines is 2. The van der Waals surface area contributed by atoms with Gasteiger partial charge in [0.05, 0.1) is 0 Å². The first-order valence-corrected chi connectivity index (χ1v) is 8.10. The van der Waals surface area contributed by atoms with Crippen molar-refractivity contribution in [3.8, 4) is 0 Å². The van der Waals surface area contributed by atoms with E-state index in [0.717, 1.165) is 21.4 Å². The summed E-state index contributed by atoms with van der Waals surface area (Å²) in [6, 6.07) is 14.4. The van der Waals surface area contributed by atoms with Crippen molar-refractivity contribution >= 4 is 44.6 Å². The highest BCUT2D eigenvalue weighted by molar-refractivity contribution is 9.10. The average Bonchev–Trinajstić information content (AvgIpc) is 2.42. The van der Waals surface area contributed by atoms with Gasteiger partial charge in [-0.3, -0.25) is 0 Å². The molecule has 0 heterocycles. The van der Waals surface area contributed by atoms with Crippen LogP contribution in [0.3, 0.4) is 0 Å². The average molecular weight is 363 g/mol. The Balaban J connectivity index is 2.06. The van der Waals surface area contributed by atoms with Crippen molar-refractivity contribution in [3.63, 3.8) is 0 Å². The Hall–Kier alpha value is -1.39. The SMILES string of the molecule is Cc1cc(Br)ccc1NC(=S)Nc1cccc(C(C)C)c1. The lowest BCUT2D eigenvalue weighted by Gasteiger charge is -2.14. The third-order valence-corrected chi connectivity index (χ3v) is 3.95. The minimum absolute atomic E-state index is 0.502. The Bertz CT molecular complexity index is 653. The first-order valence-electron chi connectivity index (χ1n) is 6.90. The molecular weight excluding hydrogens is 344 g/mol. The fourth-order valence-corrected chi connectivity index (χ4v) is 2.73. The molecule has 2 aromatic carbocycles. The highest BCUT2D eigenvalue weighted by Crippen LogP contribution is 2.21. The van der Waals surface area contributed by atoms with E-state index in [1.54, 1.807) is 0 Å². The largest absolute Gasteiger partial charge is 0.332 e. The molecule has 0 fully saturated rings. The smallest absolute Gasteiger partial charge is 0.175 e. The molecule has 21 heavy (non-hydrogen) atoms. The minimum Gasteiger partial charge on any atom is -0.332 e. The summed E-state index contributed by atoms with van der Waals surface area (Å²) in [6.45, 7) is 6.41. The molecular formula is C17H19BrN2S. The molecule has 0 aromatic heterocycles. The molecule has 0 amide bonds. The van der Waals surface area contributed by atoms with Gasteiger partial charge in [0.15, 0.2) is 5.11 Å². The van der Waals surface area contributed by atoms with Crippen LogP contribution in [0, 0.1) is 6.92 Å². The van der Waals surface area contributed by atoms with E-state index in [1.807, 2.05) is 24.3 Å². The summed E-state index contributed by atoms with van der Waals surface area (Å²) in [5.74, 6) is 0.502. The van der Waals surface area contributed by atoms with Crippen LogP contribution in [0.15, 0.2) is 46.9 Å². The van der Waals surface area contributed by atoms with E-state index in [0.29, 0.717) is 11.0 Å².